The number of alkyl halides is 3. The smallest absolute Gasteiger partial charge is 0.356 e. The Kier molecular flexibility index (Phi) is 4.75. The normalized spacial score (nSPS) is 11.4. The van der Waals surface area contributed by atoms with Crippen molar-refractivity contribution in [2.24, 2.45) is 0 Å². The van der Waals surface area contributed by atoms with E-state index in [2.05, 4.69) is 10.5 Å². The summed E-state index contributed by atoms with van der Waals surface area (Å²) in [6.45, 7) is 0.0323. The average molecular weight is 364 g/mol. The summed E-state index contributed by atoms with van der Waals surface area (Å²) >= 11 is 0. The fourth-order valence-corrected chi connectivity index (χ4v) is 2.23. The van der Waals surface area contributed by atoms with Crippen molar-refractivity contribution >= 4 is 5.91 Å². The highest BCUT2D eigenvalue weighted by molar-refractivity contribution is 5.94. The monoisotopic (exact) mass is 364 g/mol. The van der Waals surface area contributed by atoms with Gasteiger partial charge in [-0.1, -0.05) is 5.16 Å². The first-order valence-corrected chi connectivity index (χ1v) is 7.50. The van der Waals surface area contributed by atoms with Crippen molar-refractivity contribution < 1.29 is 26.9 Å². The Bertz CT molecular complexity index is 900. The summed E-state index contributed by atoms with van der Waals surface area (Å²) in [5.41, 5.74) is 0.318. The molecule has 26 heavy (non-hydrogen) atoms. The van der Waals surface area contributed by atoms with Crippen LogP contribution in [0, 0.1) is 5.82 Å². The van der Waals surface area contributed by atoms with Crippen molar-refractivity contribution in [1.82, 2.24) is 10.5 Å². The van der Waals surface area contributed by atoms with Gasteiger partial charge >= 0.3 is 6.18 Å². The van der Waals surface area contributed by atoms with Crippen LogP contribution in [-0.2, 0) is 12.7 Å². The van der Waals surface area contributed by atoms with Gasteiger partial charge in [0.1, 0.15) is 11.5 Å². The van der Waals surface area contributed by atoms with Crippen molar-refractivity contribution in [2.45, 2.75) is 12.7 Å². The maximum atomic E-state index is 12.9. The molecule has 0 unspecified atom stereocenters. The van der Waals surface area contributed by atoms with E-state index in [4.69, 9.17) is 4.52 Å². The molecular weight excluding hydrogens is 352 g/mol. The van der Waals surface area contributed by atoms with Crippen LogP contribution in [0.1, 0.15) is 21.6 Å². The minimum atomic E-state index is -4.45. The molecule has 0 atom stereocenters. The molecule has 1 aromatic heterocycles. The number of rotatable bonds is 4. The third-order valence-electron chi connectivity index (χ3n) is 3.59. The number of hydrogen-bond donors (Lipinski definition) is 1. The molecule has 0 radical (unpaired) electrons. The summed E-state index contributed by atoms with van der Waals surface area (Å²) in [6, 6.07) is 11.1. The van der Waals surface area contributed by atoms with Gasteiger partial charge < -0.3 is 9.84 Å². The summed E-state index contributed by atoms with van der Waals surface area (Å²) in [5, 5.41) is 6.34. The van der Waals surface area contributed by atoms with E-state index in [1.54, 1.807) is 6.07 Å². The average Bonchev–Trinajstić information content (AvgIpc) is 3.08. The standard InChI is InChI=1S/C18H12F4N2O2/c19-14-7-3-11(4-8-14)16-9-15(24-26-16)10-23-17(25)12-1-5-13(6-2-12)18(20,21)22/h1-9H,10H2,(H,23,25). The zero-order chi connectivity index (χ0) is 18.7. The summed E-state index contributed by atoms with van der Waals surface area (Å²) in [7, 11) is 0. The highest BCUT2D eigenvalue weighted by Gasteiger charge is 2.30. The van der Waals surface area contributed by atoms with Gasteiger partial charge in [-0.15, -0.1) is 0 Å². The van der Waals surface area contributed by atoms with Gasteiger partial charge in [-0.3, -0.25) is 4.79 Å². The number of nitrogens with one attached hydrogen (secondary N) is 1. The lowest BCUT2D eigenvalue weighted by Gasteiger charge is -2.07. The highest BCUT2D eigenvalue weighted by Crippen LogP contribution is 2.29. The van der Waals surface area contributed by atoms with E-state index in [1.807, 2.05) is 0 Å². The molecule has 0 aliphatic rings. The first kappa shape index (κ1) is 17.7. The number of carbonyl (C=O) groups excluding carboxylic acids is 1. The molecule has 1 N–H and O–H groups in total. The molecule has 0 fully saturated rings. The van der Waals surface area contributed by atoms with Crippen LogP contribution < -0.4 is 5.32 Å². The van der Waals surface area contributed by atoms with E-state index in [0.29, 0.717) is 17.0 Å². The zero-order valence-corrected chi connectivity index (χ0v) is 13.2. The van der Waals surface area contributed by atoms with Crippen LogP contribution in [0.3, 0.4) is 0 Å². The van der Waals surface area contributed by atoms with Gasteiger partial charge in [0, 0.05) is 17.2 Å². The maximum absolute atomic E-state index is 12.9. The Morgan fingerprint density at radius 1 is 1.04 bits per heavy atom. The van der Waals surface area contributed by atoms with Crippen molar-refractivity contribution in [1.29, 1.82) is 0 Å². The molecule has 1 heterocycles. The van der Waals surface area contributed by atoms with Crippen LogP contribution in [0.4, 0.5) is 17.6 Å². The molecule has 1 amide bonds. The lowest BCUT2D eigenvalue weighted by atomic mass is 10.1. The molecule has 0 saturated carbocycles. The minimum Gasteiger partial charge on any atom is -0.356 e. The van der Waals surface area contributed by atoms with Crippen LogP contribution in [0.2, 0.25) is 0 Å². The number of halogens is 4. The predicted molar refractivity (Wildman–Crippen MR) is 84.5 cm³/mol. The largest absolute Gasteiger partial charge is 0.416 e. The Balaban J connectivity index is 1.62. The van der Waals surface area contributed by atoms with E-state index in [-0.39, 0.29) is 17.9 Å². The van der Waals surface area contributed by atoms with E-state index in [1.165, 1.54) is 24.3 Å². The molecule has 2 aromatic carbocycles. The predicted octanol–water partition coefficient (Wildman–Crippen LogP) is 4.43. The summed E-state index contributed by atoms with van der Waals surface area (Å²) in [4.78, 5) is 12.0. The quantitative estimate of drug-likeness (QED) is 0.697. The Hall–Kier alpha value is -3.16. The highest BCUT2D eigenvalue weighted by atomic mass is 19.4. The molecular formula is C18H12F4N2O2. The summed E-state index contributed by atoms with van der Waals surface area (Å²) in [6.07, 6.45) is -4.45. The fraction of sp³-hybridized carbons (Fsp3) is 0.111. The second-order valence-electron chi connectivity index (χ2n) is 5.45. The van der Waals surface area contributed by atoms with Crippen molar-refractivity contribution in [3.05, 3.63) is 77.2 Å². The maximum Gasteiger partial charge on any atom is 0.416 e. The summed E-state index contributed by atoms with van der Waals surface area (Å²) < 4.78 is 55.6. The second-order valence-corrected chi connectivity index (χ2v) is 5.45. The van der Waals surface area contributed by atoms with Gasteiger partial charge in [0.05, 0.1) is 12.1 Å². The fourth-order valence-electron chi connectivity index (χ4n) is 2.23. The molecule has 8 heteroatoms. The molecule has 0 bridgehead atoms. The second kappa shape index (κ2) is 6.99. The topological polar surface area (TPSA) is 55.1 Å². The first-order valence-electron chi connectivity index (χ1n) is 7.50. The van der Waals surface area contributed by atoms with E-state index in [0.717, 1.165) is 24.3 Å². The van der Waals surface area contributed by atoms with Gasteiger partial charge in [0.15, 0.2) is 5.76 Å². The van der Waals surface area contributed by atoms with Crippen molar-refractivity contribution in [3.8, 4) is 11.3 Å². The number of hydrogen-bond acceptors (Lipinski definition) is 3. The Morgan fingerprint density at radius 2 is 1.69 bits per heavy atom. The summed E-state index contributed by atoms with van der Waals surface area (Å²) in [5.74, 6) is -0.508. The number of nitrogens with zero attached hydrogens (tertiary/aromatic N) is 1. The SMILES string of the molecule is O=C(NCc1cc(-c2ccc(F)cc2)on1)c1ccc(C(F)(F)F)cc1. The Labute approximate surface area is 145 Å². The number of benzene rings is 2. The molecule has 3 rings (SSSR count). The van der Waals surface area contributed by atoms with Crippen molar-refractivity contribution in [3.63, 3.8) is 0 Å². The van der Waals surface area contributed by atoms with Crippen molar-refractivity contribution in [2.75, 3.05) is 0 Å². The van der Waals surface area contributed by atoms with Gasteiger partial charge in [0.2, 0.25) is 0 Å². The van der Waals surface area contributed by atoms with E-state index >= 15 is 0 Å². The molecule has 0 aliphatic carbocycles. The molecule has 0 spiro atoms. The van der Waals surface area contributed by atoms with E-state index < -0.39 is 17.6 Å². The molecule has 134 valence electrons. The van der Waals surface area contributed by atoms with Gasteiger partial charge in [-0.05, 0) is 48.5 Å². The van der Waals surface area contributed by atoms with Crippen LogP contribution in [0.25, 0.3) is 11.3 Å². The number of carbonyl (C=O) groups is 1. The lowest BCUT2D eigenvalue weighted by molar-refractivity contribution is -0.137. The van der Waals surface area contributed by atoms with Crippen LogP contribution in [0.5, 0.6) is 0 Å². The Morgan fingerprint density at radius 3 is 2.31 bits per heavy atom. The van der Waals surface area contributed by atoms with Crippen LogP contribution in [0.15, 0.2) is 59.1 Å². The van der Waals surface area contributed by atoms with Crippen LogP contribution >= 0.6 is 0 Å². The van der Waals surface area contributed by atoms with E-state index in [9.17, 15) is 22.4 Å². The third kappa shape index (κ3) is 4.08. The minimum absolute atomic E-state index is 0.0323. The van der Waals surface area contributed by atoms with Gasteiger partial charge in [0.25, 0.3) is 5.91 Å². The third-order valence-corrected chi connectivity index (χ3v) is 3.59. The molecule has 0 aliphatic heterocycles. The van der Waals surface area contributed by atoms with Crippen LogP contribution in [-0.4, -0.2) is 11.1 Å². The molecule has 0 saturated heterocycles. The number of aromatic nitrogens is 1. The van der Waals surface area contributed by atoms with Gasteiger partial charge in [-0.2, -0.15) is 13.2 Å². The molecule has 3 aromatic rings. The zero-order valence-electron chi connectivity index (χ0n) is 13.2. The number of amides is 1. The first-order chi connectivity index (χ1) is 12.3. The van der Waals surface area contributed by atoms with Gasteiger partial charge in [-0.25, -0.2) is 4.39 Å². The molecule has 4 nitrogen and oxygen atoms in total. The lowest BCUT2D eigenvalue weighted by Crippen LogP contribution is -2.23.